The first kappa shape index (κ1) is 13.2. The molecule has 0 saturated carbocycles. The second kappa shape index (κ2) is 4.81. The minimum atomic E-state index is -4.70. The summed E-state index contributed by atoms with van der Waals surface area (Å²) in [6, 6.07) is 5.46. The lowest BCUT2D eigenvalue weighted by Gasteiger charge is -1.98. The third kappa shape index (κ3) is 2.79. The van der Waals surface area contributed by atoms with Crippen molar-refractivity contribution in [1.29, 1.82) is 0 Å². The van der Waals surface area contributed by atoms with E-state index in [0.717, 1.165) is 0 Å². The van der Waals surface area contributed by atoms with Crippen LogP contribution in [0.3, 0.4) is 0 Å². The maximum atomic E-state index is 12.3. The molecular weight excluding hydrogens is 265 g/mol. The van der Waals surface area contributed by atoms with E-state index in [-0.39, 0.29) is 17.0 Å². The minimum Gasteiger partial charge on any atom is -0.388 e. The number of halogens is 3. The molecule has 0 aliphatic rings. The summed E-state index contributed by atoms with van der Waals surface area (Å²) >= 11 is 0. The molecule has 2 rings (SSSR count). The van der Waals surface area contributed by atoms with Gasteiger partial charge in [-0.1, -0.05) is 29.4 Å². The van der Waals surface area contributed by atoms with Gasteiger partial charge in [0, 0.05) is 11.1 Å². The fourth-order valence-electron chi connectivity index (χ4n) is 1.35. The standard InChI is InChI=1S/C11H7F3N2O3/c12-11(13,14)10-15-9(16-19-10)7-3-1-6(2-4-7)8(18)5-17/h1-4,17H,5H2. The lowest BCUT2D eigenvalue weighted by Crippen LogP contribution is -2.05. The van der Waals surface area contributed by atoms with Crippen LogP contribution in [0.2, 0.25) is 0 Å². The quantitative estimate of drug-likeness (QED) is 0.864. The highest BCUT2D eigenvalue weighted by atomic mass is 19.4. The van der Waals surface area contributed by atoms with Gasteiger partial charge in [-0.15, -0.1) is 0 Å². The van der Waals surface area contributed by atoms with Crippen LogP contribution >= 0.6 is 0 Å². The lowest BCUT2D eigenvalue weighted by atomic mass is 10.1. The molecule has 0 amide bonds. The van der Waals surface area contributed by atoms with E-state index in [1.54, 1.807) is 0 Å². The Kier molecular flexibility index (Phi) is 3.34. The van der Waals surface area contributed by atoms with Gasteiger partial charge in [-0.05, 0) is 0 Å². The summed E-state index contributed by atoms with van der Waals surface area (Å²) in [6.07, 6.45) is -4.70. The Hall–Kier alpha value is -2.22. The third-order valence-corrected chi connectivity index (χ3v) is 2.28. The van der Waals surface area contributed by atoms with Crippen LogP contribution in [0.25, 0.3) is 11.4 Å². The fourth-order valence-corrected chi connectivity index (χ4v) is 1.35. The first-order valence-corrected chi connectivity index (χ1v) is 5.07. The highest BCUT2D eigenvalue weighted by Crippen LogP contribution is 2.29. The molecule has 0 fully saturated rings. The molecule has 0 spiro atoms. The van der Waals surface area contributed by atoms with Crippen LogP contribution in [0.4, 0.5) is 13.2 Å². The van der Waals surface area contributed by atoms with Crippen molar-refractivity contribution in [3.05, 3.63) is 35.7 Å². The van der Waals surface area contributed by atoms with Gasteiger partial charge < -0.3 is 9.63 Å². The number of benzene rings is 1. The van der Waals surface area contributed by atoms with Crippen molar-refractivity contribution in [2.45, 2.75) is 6.18 Å². The summed E-state index contributed by atoms with van der Waals surface area (Å²) in [6.45, 7) is -0.639. The van der Waals surface area contributed by atoms with E-state index < -0.39 is 24.5 Å². The monoisotopic (exact) mass is 272 g/mol. The Labute approximate surface area is 104 Å². The number of ketones is 1. The summed E-state index contributed by atoms with van der Waals surface area (Å²) in [5.41, 5.74) is 0.513. The van der Waals surface area contributed by atoms with Crippen LogP contribution in [0.5, 0.6) is 0 Å². The maximum Gasteiger partial charge on any atom is 0.471 e. The molecule has 0 aliphatic carbocycles. The Morgan fingerprint density at radius 3 is 2.37 bits per heavy atom. The number of hydrogen-bond acceptors (Lipinski definition) is 5. The minimum absolute atomic E-state index is 0.227. The van der Waals surface area contributed by atoms with Crippen LogP contribution in [-0.4, -0.2) is 27.6 Å². The Morgan fingerprint density at radius 2 is 1.89 bits per heavy atom. The number of Topliss-reactive ketones (excluding diaryl/α,β-unsaturated/α-hetero) is 1. The molecule has 1 N–H and O–H groups in total. The number of aromatic nitrogens is 2. The SMILES string of the molecule is O=C(CO)c1ccc(-c2noc(C(F)(F)F)n2)cc1. The number of hydrogen-bond donors (Lipinski definition) is 1. The van der Waals surface area contributed by atoms with E-state index in [0.29, 0.717) is 0 Å². The molecule has 1 aromatic carbocycles. The first-order chi connectivity index (χ1) is 8.91. The van der Waals surface area contributed by atoms with Crippen molar-refractivity contribution in [2.24, 2.45) is 0 Å². The smallest absolute Gasteiger partial charge is 0.388 e. The number of nitrogens with zero attached hydrogens (tertiary/aromatic N) is 2. The largest absolute Gasteiger partial charge is 0.471 e. The van der Waals surface area contributed by atoms with E-state index in [2.05, 4.69) is 14.7 Å². The molecule has 0 bridgehead atoms. The predicted octanol–water partition coefficient (Wildman–Crippen LogP) is 1.93. The number of carbonyl (C=O) groups is 1. The molecule has 8 heteroatoms. The van der Waals surface area contributed by atoms with Crippen LogP contribution in [0.1, 0.15) is 16.2 Å². The number of alkyl halides is 3. The molecule has 1 aromatic heterocycles. The van der Waals surface area contributed by atoms with E-state index in [4.69, 9.17) is 5.11 Å². The molecule has 0 atom stereocenters. The number of aliphatic hydroxyl groups excluding tert-OH is 1. The molecule has 1 heterocycles. The Bertz CT molecular complexity index is 590. The zero-order valence-electron chi connectivity index (χ0n) is 9.31. The van der Waals surface area contributed by atoms with Gasteiger partial charge in [-0.3, -0.25) is 4.79 Å². The summed E-state index contributed by atoms with van der Waals surface area (Å²) in [4.78, 5) is 14.4. The number of rotatable bonds is 3. The summed E-state index contributed by atoms with van der Waals surface area (Å²) in [5, 5.41) is 11.9. The molecule has 0 unspecified atom stereocenters. The van der Waals surface area contributed by atoms with Crippen molar-refractivity contribution in [3.8, 4) is 11.4 Å². The first-order valence-electron chi connectivity index (χ1n) is 5.07. The number of aliphatic hydroxyl groups is 1. The van der Waals surface area contributed by atoms with E-state index >= 15 is 0 Å². The van der Waals surface area contributed by atoms with Gasteiger partial charge >= 0.3 is 12.1 Å². The van der Waals surface area contributed by atoms with Crippen molar-refractivity contribution in [1.82, 2.24) is 10.1 Å². The van der Waals surface area contributed by atoms with Gasteiger partial charge in [-0.2, -0.15) is 18.2 Å². The second-order valence-electron chi connectivity index (χ2n) is 3.58. The molecule has 0 aliphatic heterocycles. The zero-order chi connectivity index (χ0) is 14.0. The molecule has 5 nitrogen and oxygen atoms in total. The average Bonchev–Trinajstić information content (AvgIpc) is 2.87. The topological polar surface area (TPSA) is 76.2 Å². The molecule has 0 saturated heterocycles. The molecule has 2 aromatic rings. The average molecular weight is 272 g/mol. The summed E-state index contributed by atoms with van der Waals surface area (Å²) in [7, 11) is 0. The van der Waals surface area contributed by atoms with E-state index in [9.17, 15) is 18.0 Å². The highest BCUT2D eigenvalue weighted by Gasteiger charge is 2.38. The molecule has 0 radical (unpaired) electrons. The van der Waals surface area contributed by atoms with Gasteiger partial charge in [0.1, 0.15) is 6.61 Å². The van der Waals surface area contributed by atoms with Gasteiger partial charge in [-0.25, -0.2) is 0 Å². The molecule has 100 valence electrons. The van der Waals surface area contributed by atoms with Gasteiger partial charge in [0.2, 0.25) is 5.82 Å². The third-order valence-electron chi connectivity index (χ3n) is 2.28. The van der Waals surface area contributed by atoms with Gasteiger partial charge in [0.25, 0.3) is 0 Å². The van der Waals surface area contributed by atoms with E-state index in [1.165, 1.54) is 24.3 Å². The van der Waals surface area contributed by atoms with E-state index in [1.807, 2.05) is 0 Å². The Morgan fingerprint density at radius 1 is 1.26 bits per heavy atom. The number of carbonyl (C=O) groups excluding carboxylic acids is 1. The van der Waals surface area contributed by atoms with Gasteiger partial charge in [0.05, 0.1) is 0 Å². The van der Waals surface area contributed by atoms with Crippen molar-refractivity contribution >= 4 is 5.78 Å². The van der Waals surface area contributed by atoms with Crippen LogP contribution in [-0.2, 0) is 6.18 Å². The molecular formula is C11H7F3N2O3. The summed E-state index contributed by atoms with van der Waals surface area (Å²) < 4.78 is 40.9. The highest BCUT2D eigenvalue weighted by molar-refractivity contribution is 5.97. The predicted molar refractivity (Wildman–Crippen MR) is 56.2 cm³/mol. The van der Waals surface area contributed by atoms with Crippen LogP contribution in [0.15, 0.2) is 28.8 Å². The van der Waals surface area contributed by atoms with Crippen molar-refractivity contribution in [2.75, 3.05) is 6.61 Å². The summed E-state index contributed by atoms with van der Waals surface area (Å²) in [5.74, 6) is -2.15. The zero-order valence-corrected chi connectivity index (χ0v) is 9.31. The maximum absolute atomic E-state index is 12.3. The second-order valence-corrected chi connectivity index (χ2v) is 3.58. The Balaban J connectivity index is 2.28. The van der Waals surface area contributed by atoms with Crippen LogP contribution < -0.4 is 0 Å². The normalized spacial score (nSPS) is 11.6. The fraction of sp³-hybridized carbons (Fsp3) is 0.182. The van der Waals surface area contributed by atoms with Crippen molar-refractivity contribution < 1.29 is 27.6 Å². The lowest BCUT2D eigenvalue weighted by molar-refractivity contribution is -0.159. The van der Waals surface area contributed by atoms with Crippen molar-refractivity contribution in [3.63, 3.8) is 0 Å². The molecule has 19 heavy (non-hydrogen) atoms. The van der Waals surface area contributed by atoms with Crippen LogP contribution in [0, 0.1) is 0 Å². The van der Waals surface area contributed by atoms with Gasteiger partial charge in [0.15, 0.2) is 5.78 Å².